The van der Waals surface area contributed by atoms with Crippen LogP contribution < -0.4 is 0 Å². The average molecular weight is 441 g/mol. The summed E-state index contributed by atoms with van der Waals surface area (Å²) < 4.78 is 0. The van der Waals surface area contributed by atoms with Crippen molar-refractivity contribution in [2.75, 3.05) is 13.1 Å². The molecule has 0 saturated carbocycles. The van der Waals surface area contributed by atoms with Crippen molar-refractivity contribution in [2.45, 2.75) is 129 Å². The van der Waals surface area contributed by atoms with E-state index in [-0.39, 0.29) is 0 Å². The van der Waals surface area contributed by atoms with Crippen LogP contribution in [-0.2, 0) is 0 Å². The van der Waals surface area contributed by atoms with Gasteiger partial charge in [0.25, 0.3) is 0 Å². The van der Waals surface area contributed by atoms with Crippen LogP contribution in [0, 0.1) is 0 Å². The van der Waals surface area contributed by atoms with Crippen molar-refractivity contribution in [3.05, 3.63) is 48.3 Å². The number of unbranched alkanes of at least 4 members (excludes halogenated alkanes) is 15. The lowest BCUT2D eigenvalue weighted by Gasteiger charge is -2.33. The molecule has 0 spiro atoms. The molecule has 1 aliphatic heterocycles. The van der Waals surface area contributed by atoms with Crippen LogP contribution in [-0.4, -0.2) is 22.9 Å². The van der Waals surface area contributed by atoms with Crippen LogP contribution in [0.4, 0.5) is 0 Å². The normalized spacial score (nSPS) is 15.8. The van der Waals surface area contributed by atoms with Gasteiger partial charge in [0.1, 0.15) is 6.17 Å². The molecule has 1 aromatic carbocycles. The molecule has 0 aliphatic carbocycles. The fourth-order valence-corrected chi connectivity index (χ4v) is 4.96. The largest absolute Gasteiger partial charge is 0.352 e. The minimum Gasteiger partial charge on any atom is -0.352 e. The van der Waals surface area contributed by atoms with Crippen LogP contribution in [0.3, 0.4) is 0 Å². The average Bonchev–Trinajstić information content (AvgIpc) is 3.23. The zero-order chi connectivity index (χ0) is 22.7. The Labute approximate surface area is 200 Å². The third-order valence-electron chi connectivity index (χ3n) is 6.97. The highest BCUT2D eigenvalue weighted by atomic mass is 15.4. The van der Waals surface area contributed by atoms with Crippen LogP contribution in [0.2, 0.25) is 0 Å². The zero-order valence-corrected chi connectivity index (χ0v) is 21.4. The molecule has 0 saturated heterocycles. The third-order valence-corrected chi connectivity index (χ3v) is 6.97. The van der Waals surface area contributed by atoms with E-state index in [0.29, 0.717) is 6.17 Å². The number of hydrogen-bond donors (Lipinski definition) is 0. The summed E-state index contributed by atoms with van der Waals surface area (Å²) >= 11 is 0. The Morgan fingerprint density at radius 3 is 1.28 bits per heavy atom. The second-order valence-electron chi connectivity index (χ2n) is 9.86. The minimum absolute atomic E-state index is 0.398. The highest BCUT2D eigenvalue weighted by molar-refractivity contribution is 5.21. The SMILES string of the molecule is CCCCCCCCCCCCCN1C=CN(CCCCCCCC)C1c1ccccc1. The fraction of sp³-hybridized carbons (Fsp3) is 0.733. The van der Waals surface area contributed by atoms with Gasteiger partial charge in [0.05, 0.1) is 0 Å². The molecule has 0 radical (unpaired) electrons. The van der Waals surface area contributed by atoms with Gasteiger partial charge in [-0.2, -0.15) is 0 Å². The predicted molar refractivity (Wildman–Crippen MR) is 142 cm³/mol. The summed E-state index contributed by atoms with van der Waals surface area (Å²) in [6.45, 7) is 6.95. The van der Waals surface area contributed by atoms with E-state index >= 15 is 0 Å². The second kappa shape index (κ2) is 18.0. The molecule has 0 N–H and O–H groups in total. The van der Waals surface area contributed by atoms with Crippen LogP contribution in [0.25, 0.3) is 0 Å². The first-order valence-corrected chi connectivity index (χ1v) is 14.1. The van der Waals surface area contributed by atoms with Crippen molar-refractivity contribution >= 4 is 0 Å². The smallest absolute Gasteiger partial charge is 0.127 e. The van der Waals surface area contributed by atoms with Crippen molar-refractivity contribution in [3.8, 4) is 0 Å². The third kappa shape index (κ3) is 10.9. The Morgan fingerprint density at radius 1 is 0.500 bits per heavy atom. The number of nitrogens with zero attached hydrogens (tertiary/aromatic N) is 2. The van der Waals surface area contributed by atoms with Crippen molar-refractivity contribution in [2.24, 2.45) is 0 Å². The molecule has 182 valence electrons. The highest BCUT2D eigenvalue weighted by Gasteiger charge is 2.26. The molecule has 1 unspecified atom stereocenters. The van der Waals surface area contributed by atoms with Gasteiger partial charge in [-0.25, -0.2) is 0 Å². The minimum atomic E-state index is 0.398. The molecule has 1 atom stereocenters. The summed E-state index contributed by atoms with van der Waals surface area (Å²) in [7, 11) is 0. The molecular formula is C30H52N2. The van der Waals surface area contributed by atoms with Gasteiger partial charge in [-0.3, -0.25) is 0 Å². The summed E-state index contributed by atoms with van der Waals surface area (Å²) in [6, 6.07) is 11.1. The Balaban J connectivity index is 1.65. The fourth-order valence-electron chi connectivity index (χ4n) is 4.96. The Hall–Kier alpha value is -1.44. The van der Waals surface area contributed by atoms with Crippen molar-refractivity contribution in [3.63, 3.8) is 0 Å². The molecule has 2 nitrogen and oxygen atoms in total. The molecule has 2 heteroatoms. The second-order valence-corrected chi connectivity index (χ2v) is 9.86. The zero-order valence-electron chi connectivity index (χ0n) is 21.4. The van der Waals surface area contributed by atoms with Crippen LogP contribution >= 0.6 is 0 Å². The van der Waals surface area contributed by atoms with Gasteiger partial charge in [0, 0.05) is 25.5 Å². The molecule has 0 aromatic heterocycles. The summed E-state index contributed by atoms with van der Waals surface area (Å²) in [5, 5.41) is 0. The summed E-state index contributed by atoms with van der Waals surface area (Å²) in [4.78, 5) is 5.16. The quantitative estimate of drug-likeness (QED) is 0.186. The molecule has 1 aliphatic rings. The maximum Gasteiger partial charge on any atom is 0.127 e. The molecule has 0 bridgehead atoms. The summed E-state index contributed by atoms with van der Waals surface area (Å²) in [5.41, 5.74) is 1.44. The van der Waals surface area contributed by atoms with E-state index in [1.165, 1.54) is 128 Å². The van der Waals surface area contributed by atoms with Crippen LogP contribution in [0.1, 0.15) is 135 Å². The van der Waals surface area contributed by atoms with Crippen LogP contribution in [0.15, 0.2) is 42.7 Å². The monoisotopic (exact) mass is 440 g/mol. The standard InChI is InChI=1S/C30H52N2/c1-3-5-7-9-11-12-13-14-15-17-22-26-32-28-27-31(25-21-16-10-8-6-4-2)30(32)29-23-19-18-20-24-29/h18-20,23-24,27-28,30H,3-17,21-22,25-26H2,1-2H3. The maximum absolute atomic E-state index is 2.58. The molecule has 2 rings (SSSR count). The van der Waals surface area contributed by atoms with E-state index in [9.17, 15) is 0 Å². The van der Waals surface area contributed by atoms with Gasteiger partial charge in [-0.15, -0.1) is 0 Å². The Kier molecular flexibility index (Phi) is 15.1. The Morgan fingerprint density at radius 2 is 0.875 bits per heavy atom. The first kappa shape index (κ1) is 26.8. The van der Waals surface area contributed by atoms with Gasteiger partial charge in [0.15, 0.2) is 0 Å². The van der Waals surface area contributed by atoms with Gasteiger partial charge in [-0.1, -0.05) is 140 Å². The first-order chi connectivity index (χ1) is 15.9. The van der Waals surface area contributed by atoms with E-state index in [1.54, 1.807) is 0 Å². The molecule has 0 fully saturated rings. The van der Waals surface area contributed by atoms with Gasteiger partial charge < -0.3 is 9.80 Å². The van der Waals surface area contributed by atoms with E-state index in [0.717, 1.165) is 0 Å². The summed E-state index contributed by atoms with van der Waals surface area (Å²) in [5.74, 6) is 0. The molecular weight excluding hydrogens is 388 g/mol. The predicted octanol–water partition coefficient (Wildman–Crippen LogP) is 9.45. The Bertz CT molecular complexity index is 567. The topological polar surface area (TPSA) is 6.48 Å². The van der Waals surface area contributed by atoms with Gasteiger partial charge >= 0.3 is 0 Å². The van der Waals surface area contributed by atoms with E-state index in [2.05, 4.69) is 66.4 Å². The van der Waals surface area contributed by atoms with Crippen molar-refractivity contribution in [1.82, 2.24) is 9.80 Å². The van der Waals surface area contributed by atoms with Gasteiger partial charge in [0.2, 0.25) is 0 Å². The van der Waals surface area contributed by atoms with Crippen molar-refractivity contribution in [1.29, 1.82) is 0 Å². The lowest BCUT2D eigenvalue weighted by Crippen LogP contribution is -2.32. The van der Waals surface area contributed by atoms with Crippen LogP contribution in [0.5, 0.6) is 0 Å². The van der Waals surface area contributed by atoms with E-state index in [4.69, 9.17) is 0 Å². The van der Waals surface area contributed by atoms with Gasteiger partial charge in [-0.05, 0) is 18.4 Å². The lowest BCUT2D eigenvalue weighted by molar-refractivity contribution is 0.149. The maximum atomic E-state index is 2.58. The molecule has 1 aromatic rings. The highest BCUT2D eigenvalue weighted by Crippen LogP contribution is 2.31. The lowest BCUT2D eigenvalue weighted by atomic mass is 10.1. The molecule has 0 amide bonds. The number of rotatable bonds is 20. The van der Waals surface area contributed by atoms with E-state index in [1.807, 2.05) is 0 Å². The molecule has 32 heavy (non-hydrogen) atoms. The number of benzene rings is 1. The van der Waals surface area contributed by atoms with E-state index < -0.39 is 0 Å². The summed E-state index contributed by atoms with van der Waals surface area (Å²) in [6.07, 6.45) is 28.8. The van der Waals surface area contributed by atoms with Crippen molar-refractivity contribution < 1.29 is 0 Å². The molecule has 1 heterocycles. The number of hydrogen-bond acceptors (Lipinski definition) is 2. The first-order valence-electron chi connectivity index (χ1n) is 14.1.